The van der Waals surface area contributed by atoms with Gasteiger partial charge < -0.3 is 10.0 Å². The van der Waals surface area contributed by atoms with Crippen molar-refractivity contribution in [3.63, 3.8) is 0 Å². The van der Waals surface area contributed by atoms with Crippen molar-refractivity contribution in [2.45, 2.75) is 58.7 Å². The number of benzene rings is 1. The molecule has 4 nitrogen and oxygen atoms in total. The lowest BCUT2D eigenvalue weighted by atomic mass is 9.78. The molecule has 3 rings (SSSR count). The molecule has 0 saturated carbocycles. The Kier molecular flexibility index (Phi) is 4.56. The Morgan fingerprint density at radius 1 is 1.25 bits per heavy atom. The Hall–Kier alpha value is -1.62. The number of piperidine rings is 1. The Balaban J connectivity index is 1.75. The largest absolute Gasteiger partial charge is 0.465 e. The molecule has 24 heavy (non-hydrogen) atoms. The topological polar surface area (TPSA) is 43.8 Å². The lowest BCUT2D eigenvalue weighted by Crippen LogP contribution is -2.56. The first-order valence-electron chi connectivity index (χ1n) is 8.76. The molecular weight excluding hydrogens is 307 g/mol. The van der Waals surface area contributed by atoms with E-state index >= 15 is 0 Å². The maximum atomic E-state index is 13.5. The maximum Gasteiger partial charge on any atom is 0.407 e. The highest BCUT2D eigenvalue weighted by atomic mass is 19.1. The molecule has 1 saturated heterocycles. The summed E-state index contributed by atoms with van der Waals surface area (Å²) in [6.45, 7) is 8.63. The standard InChI is InChI=1S/C19H27FN2O2/c1-19(2,3)17-11-16(7-9-22(17)18(23)24)21-8-6-13-4-5-15(20)10-14(13)12-21/h4-5,10,16-17H,6-9,11-12H2,1-3H3,(H,23,24). The van der Waals surface area contributed by atoms with E-state index in [-0.39, 0.29) is 17.3 Å². The van der Waals surface area contributed by atoms with Crippen LogP contribution in [0.4, 0.5) is 9.18 Å². The van der Waals surface area contributed by atoms with E-state index in [2.05, 4.69) is 25.7 Å². The van der Waals surface area contributed by atoms with Crippen molar-refractivity contribution in [2.75, 3.05) is 13.1 Å². The summed E-state index contributed by atoms with van der Waals surface area (Å²) >= 11 is 0. The van der Waals surface area contributed by atoms with Crippen LogP contribution in [0.1, 0.15) is 44.7 Å². The van der Waals surface area contributed by atoms with Crippen LogP contribution >= 0.6 is 0 Å². The molecule has 2 unspecified atom stereocenters. The summed E-state index contributed by atoms with van der Waals surface area (Å²) in [6.07, 6.45) is 1.82. The maximum absolute atomic E-state index is 13.5. The number of carbonyl (C=O) groups is 1. The van der Waals surface area contributed by atoms with Crippen molar-refractivity contribution < 1.29 is 14.3 Å². The van der Waals surface area contributed by atoms with Crippen LogP contribution in [0.2, 0.25) is 0 Å². The summed E-state index contributed by atoms with van der Waals surface area (Å²) in [6, 6.07) is 5.46. The number of halogens is 1. The Labute approximate surface area is 143 Å². The third kappa shape index (κ3) is 3.41. The van der Waals surface area contributed by atoms with E-state index in [4.69, 9.17) is 0 Å². The van der Waals surface area contributed by atoms with E-state index < -0.39 is 6.09 Å². The van der Waals surface area contributed by atoms with Gasteiger partial charge in [-0.2, -0.15) is 0 Å². The number of carboxylic acid groups (broad SMARTS) is 1. The molecule has 1 N–H and O–H groups in total. The average Bonchev–Trinajstić information content (AvgIpc) is 2.52. The fourth-order valence-corrected chi connectivity index (χ4v) is 4.19. The van der Waals surface area contributed by atoms with Gasteiger partial charge in [0.15, 0.2) is 0 Å². The molecule has 2 aliphatic heterocycles. The smallest absolute Gasteiger partial charge is 0.407 e. The van der Waals surface area contributed by atoms with E-state index in [0.29, 0.717) is 12.6 Å². The molecule has 132 valence electrons. The normalized spacial score (nSPS) is 25.4. The zero-order valence-electron chi connectivity index (χ0n) is 14.8. The van der Waals surface area contributed by atoms with E-state index in [1.54, 1.807) is 11.0 Å². The van der Waals surface area contributed by atoms with Gasteiger partial charge in [0, 0.05) is 31.7 Å². The third-order valence-electron chi connectivity index (χ3n) is 5.55. The van der Waals surface area contributed by atoms with Crippen molar-refractivity contribution in [3.8, 4) is 0 Å². The third-order valence-corrected chi connectivity index (χ3v) is 5.55. The number of fused-ring (bicyclic) bond motifs is 1. The number of amides is 1. The molecule has 0 bridgehead atoms. The first-order valence-corrected chi connectivity index (χ1v) is 8.76. The van der Waals surface area contributed by atoms with Crippen LogP contribution in [-0.4, -0.2) is 46.2 Å². The number of likely N-dealkylation sites (tertiary alicyclic amines) is 1. The van der Waals surface area contributed by atoms with Crippen LogP contribution in [0.25, 0.3) is 0 Å². The summed E-state index contributed by atoms with van der Waals surface area (Å²) < 4.78 is 13.5. The van der Waals surface area contributed by atoms with Crippen LogP contribution in [0.3, 0.4) is 0 Å². The van der Waals surface area contributed by atoms with Crippen molar-refractivity contribution in [1.29, 1.82) is 0 Å². The SMILES string of the molecule is CC(C)(C)C1CC(N2CCc3ccc(F)cc3C2)CCN1C(=O)O. The monoisotopic (exact) mass is 334 g/mol. The van der Waals surface area contributed by atoms with Crippen LogP contribution < -0.4 is 0 Å². The van der Waals surface area contributed by atoms with Gasteiger partial charge in [0.2, 0.25) is 0 Å². The molecule has 0 spiro atoms. The number of hydrogen-bond acceptors (Lipinski definition) is 2. The molecule has 0 aliphatic carbocycles. The second-order valence-corrected chi connectivity index (χ2v) is 8.17. The summed E-state index contributed by atoms with van der Waals surface area (Å²) in [4.78, 5) is 15.6. The summed E-state index contributed by atoms with van der Waals surface area (Å²) in [5.41, 5.74) is 2.23. The molecular formula is C19H27FN2O2. The molecule has 5 heteroatoms. The molecule has 0 radical (unpaired) electrons. The van der Waals surface area contributed by atoms with Crippen molar-refractivity contribution in [2.24, 2.45) is 5.41 Å². The van der Waals surface area contributed by atoms with Crippen LogP contribution in [0.15, 0.2) is 18.2 Å². The van der Waals surface area contributed by atoms with Crippen molar-refractivity contribution in [1.82, 2.24) is 9.80 Å². The summed E-state index contributed by atoms with van der Waals surface area (Å²) in [5.74, 6) is -0.177. The quantitative estimate of drug-likeness (QED) is 0.851. The number of hydrogen-bond donors (Lipinski definition) is 1. The lowest BCUT2D eigenvalue weighted by Gasteiger charge is -2.48. The second-order valence-electron chi connectivity index (χ2n) is 8.17. The second kappa shape index (κ2) is 6.36. The highest BCUT2D eigenvalue weighted by molar-refractivity contribution is 5.65. The van der Waals surface area contributed by atoms with Gasteiger partial charge in [0.05, 0.1) is 0 Å². The minimum absolute atomic E-state index is 0.0163. The first kappa shape index (κ1) is 17.2. The molecule has 0 aromatic heterocycles. The number of nitrogens with zero attached hydrogens (tertiary/aromatic N) is 2. The zero-order valence-corrected chi connectivity index (χ0v) is 14.8. The fourth-order valence-electron chi connectivity index (χ4n) is 4.19. The van der Waals surface area contributed by atoms with Crippen LogP contribution in [0.5, 0.6) is 0 Å². The number of rotatable bonds is 1. The molecule has 1 fully saturated rings. The van der Waals surface area contributed by atoms with Crippen molar-refractivity contribution >= 4 is 6.09 Å². The van der Waals surface area contributed by atoms with Gasteiger partial charge in [0.1, 0.15) is 5.82 Å². The van der Waals surface area contributed by atoms with E-state index in [0.717, 1.165) is 37.9 Å². The Morgan fingerprint density at radius 3 is 2.67 bits per heavy atom. The Morgan fingerprint density at radius 2 is 2.00 bits per heavy atom. The summed E-state index contributed by atoms with van der Waals surface area (Å²) in [5, 5.41) is 9.50. The van der Waals surface area contributed by atoms with E-state index in [9.17, 15) is 14.3 Å². The van der Waals surface area contributed by atoms with Crippen LogP contribution in [-0.2, 0) is 13.0 Å². The minimum atomic E-state index is -0.820. The molecule has 2 atom stereocenters. The van der Waals surface area contributed by atoms with Crippen LogP contribution in [0, 0.1) is 11.2 Å². The Bertz CT molecular complexity index is 626. The average molecular weight is 334 g/mol. The molecule has 2 heterocycles. The molecule has 1 aromatic carbocycles. The van der Waals surface area contributed by atoms with E-state index in [1.807, 2.05) is 6.07 Å². The van der Waals surface area contributed by atoms with Gasteiger partial charge in [-0.1, -0.05) is 26.8 Å². The zero-order chi connectivity index (χ0) is 17.5. The lowest BCUT2D eigenvalue weighted by molar-refractivity contribution is 0.0161. The van der Waals surface area contributed by atoms with E-state index in [1.165, 1.54) is 11.6 Å². The van der Waals surface area contributed by atoms with Gasteiger partial charge in [-0.15, -0.1) is 0 Å². The summed E-state index contributed by atoms with van der Waals surface area (Å²) in [7, 11) is 0. The molecule has 1 amide bonds. The van der Waals surface area contributed by atoms with Gasteiger partial charge in [0.25, 0.3) is 0 Å². The van der Waals surface area contributed by atoms with Gasteiger partial charge in [-0.25, -0.2) is 9.18 Å². The molecule has 1 aromatic rings. The first-order chi connectivity index (χ1) is 11.3. The molecule has 2 aliphatic rings. The van der Waals surface area contributed by atoms with Crippen molar-refractivity contribution in [3.05, 3.63) is 35.1 Å². The fraction of sp³-hybridized carbons (Fsp3) is 0.632. The highest BCUT2D eigenvalue weighted by Gasteiger charge is 2.40. The minimum Gasteiger partial charge on any atom is -0.465 e. The van der Waals surface area contributed by atoms with Gasteiger partial charge in [-0.3, -0.25) is 4.90 Å². The predicted molar refractivity (Wildman–Crippen MR) is 91.5 cm³/mol. The van der Waals surface area contributed by atoms with Gasteiger partial charge >= 0.3 is 6.09 Å². The predicted octanol–water partition coefficient (Wildman–Crippen LogP) is 3.74. The highest BCUT2D eigenvalue weighted by Crippen LogP contribution is 2.35. The van der Waals surface area contributed by atoms with Gasteiger partial charge in [-0.05, 0) is 47.9 Å².